The van der Waals surface area contributed by atoms with E-state index in [9.17, 15) is 4.79 Å². The summed E-state index contributed by atoms with van der Waals surface area (Å²) in [5, 5.41) is 6.06. The van der Waals surface area contributed by atoms with Crippen LogP contribution in [0, 0.1) is 19.8 Å². The van der Waals surface area contributed by atoms with Gasteiger partial charge < -0.3 is 15.4 Å². The van der Waals surface area contributed by atoms with Crippen LogP contribution in [-0.4, -0.2) is 19.1 Å². The number of aryl methyl sites for hydroxylation is 2. The van der Waals surface area contributed by atoms with Crippen molar-refractivity contribution >= 4 is 17.3 Å². The summed E-state index contributed by atoms with van der Waals surface area (Å²) in [6.45, 7) is 9.34. The van der Waals surface area contributed by atoms with Gasteiger partial charge in [-0.1, -0.05) is 26.0 Å². The van der Waals surface area contributed by atoms with Crippen LogP contribution in [0.15, 0.2) is 42.5 Å². The quantitative estimate of drug-likeness (QED) is 0.727. The molecule has 0 aliphatic carbocycles. The molecule has 0 radical (unpaired) electrons. The Bertz CT molecular complexity index is 691. The molecule has 0 unspecified atom stereocenters. The average Bonchev–Trinajstić information content (AvgIpc) is 2.52. The van der Waals surface area contributed by atoms with Crippen molar-refractivity contribution in [1.29, 1.82) is 0 Å². The normalized spacial score (nSPS) is 10.6. The van der Waals surface area contributed by atoms with E-state index in [0.717, 1.165) is 23.5 Å². The Morgan fingerprint density at radius 1 is 1.04 bits per heavy atom. The van der Waals surface area contributed by atoms with Crippen molar-refractivity contribution in [2.24, 2.45) is 5.92 Å². The third-order valence-corrected chi connectivity index (χ3v) is 3.76. The lowest BCUT2D eigenvalue weighted by Gasteiger charge is -2.11. The van der Waals surface area contributed by atoms with E-state index in [4.69, 9.17) is 4.74 Å². The van der Waals surface area contributed by atoms with Crippen molar-refractivity contribution in [3.8, 4) is 5.75 Å². The smallest absolute Gasteiger partial charge is 0.243 e. The van der Waals surface area contributed by atoms with Gasteiger partial charge in [0.05, 0.1) is 13.2 Å². The predicted molar refractivity (Wildman–Crippen MR) is 104 cm³/mol. The molecule has 2 N–H and O–H groups in total. The van der Waals surface area contributed by atoms with Crippen LogP contribution in [0.5, 0.6) is 5.75 Å². The highest BCUT2D eigenvalue weighted by atomic mass is 16.5. The average molecular weight is 340 g/mol. The first-order valence-electron chi connectivity index (χ1n) is 8.77. The fraction of sp³-hybridized carbons (Fsp3) is 0.381. The summed E-state index contributed by atoms with van der Waals surface area (Å²) in [5.41, 5.74) is 4.05. The van der Waals surface area contributed by atoms with Gasteiger partial charge in [0.1, 0.15) is 5.75 Å². The molecule has 0 fully saturated rings. The van der Waals surface area contributed by atoms with Gasteiger partial charge in [-0.3, -0.25) is 4.79 Å². The molecule has 4 heteroatoms. The van der Waals surface area contributed by atoms with Crippen molar-refractivity contribution in [3.05, 3.63) is 53.6 Å². The first-order valence-corrected chi connectivity index (χ1v) is 8.77. The number of benzene rings is 2. The van der Waals surface area contributed by atoms with Gasteiger partial charge in [-0.2, -0.15) is 0 Å². The highest BCUT2D eigenvalue weighted by Crippen LogP contribution is 2.18. The first-order chi connectivity index (χ1) is 11.9. The van der Waals surface area contributed by atoms with Crippen LogP contribution in [0.3, 0.4) is 0 Å². The van der Waals surface area contributed by atoms with Crippen LogP contribution in [0.4, 0.5) is 11.4 Å². The Balaban J connectivity index is 1.85. The zero-order valence-corrected chi connectivity index (χ0v) is 15.6. The molecular weight excluding hydrogens is 312 g/mol. The summed E-state index contributed by atoms with van der Waals surface area (Å²) in [6.07, 6.45) is 1.01. The number of carbonyl (C=O) groups excluding carboxylic acids is 1. The minimum atomic E-state index is -0.0847. The molecule has 0 bridgehead atoms. The van der Waals surface area contributed by atoms with Gasteiger partial charge in [-0.25, -0.2) is 0 Å². The van der Waals surface area contributed by atoms with Crippen LogP contribution in [-0.2, 0) is 4.79 Å². The van der Waals surface area contributed by atoms with Gasteiger partial charge in [0.2, 0.25) is 5.91 Å². The second kappa shape index (κ2) is 9.11. The molecule has 4 nitrogen and oxygen atoms in total. The molecule has 0 aliphatic heterocycles. The molecule has 0 spiro atoms. The monoisotopic (exact) mass is 340 g/mol. The lowest BCUT2D eigenvalue weighted by molar-refractivity contribution is -0.114. The van der Waals surface area contributed by atoms with Gasteiger partial charge in [0.15, 0.2) is 0 Å². The molecule has 0 aliphatic rings. The maximum Gasteiger partial charge on any atom is 0.243 e. The number of anilines is 2. The summed E-state index contributed by atoms with van der Waals surface area (Å²) in [6, 6.07) is 13.7. The molecule has 25 heavy (non-hydrogen) atoms. The van der Waals surface area contributed by atoms with E-state index in [2.05, 4.69) is 30.5 Å². The van der Waals surface area contributed by atoms with Gasteiger partial charge >= 0.3 is 0 Å². The van der Waals surface area contributed by atoms with Crippen LogP contribution >= 0.6 is 0 Å². The van der Waals surface area contributed by atoms with Gasteiger partial charge in [0, 0.05) is 17.4 Å². The first kappa shape index (κ1) is 18.8. The van der Waals surface area contributed by atoms with Crippen molar-refractivity contribution in [2.75, 3.05) is 23.8 Å². The molecule has 0 saturated heterocycles. The van der Waals surface area contributed by atoms with Crippen molar-refractivity contribution < 1.29 is 9.53 Å². The molecule has 1 amide bonds. The number of ether oxygens (including phenoxy) is 1. The Morgan fingerprint density at radius 3 is 2.44 bits per heavy atom. The lowest BCUT2D eigenvalue weighted by Crippen LogP contribution is -2.21. The zero-order valence-electron chi connectivity index (χ0n) is 15.6. The fourth-order valence-corrected chi connectivity index (χ4v) is 2.54. The zero-order chi connectivity index (χ0) is 18.2. The van der Waals surface area contributed by atoms with E-state index in [0.29, 0.717) is 12.5 Å². The second-order valence-electron chi connectivity index (χ2n) is 6.84. The number of hydrogen-bond acceptors (Lipinski definition) is 3. The Morgan fingerprint density at radius 2 is 1.76 bits per heavy atom. The molecule has 2 rings (SSSR count). The standard InChI is InChI=1S/C21H28N2O2/c1-15(2)8-9-25-20-7-5-6-18(13-20)23-21(24)14-22-19-11-16(3)10-17(4)12-19/h5-7,10-13,15,22H,8-9,14H2,1-4H3,(H,23,24). The Labute approximate surface area is 150 Å². The molecule has 2 aromatic carbocycles. The molecule has 0 saturated carbocycles. The predicted octanol–water partition coefficient (Wildman–Crippen LogP) is 4.78. The third kappa shape index (κ3) is 6.87. The van der Waals surface area contributed by atoms with Gasteiger partial charge in [-0.05, 0) is 61.6 Å². The Hall–Kier alpha value is -2.49. The van der Waals surface area contributed by atoms with E-state index < -0.39 is 0 Å². The van der Waals surface area contributed by atoms with E-state index in [1.165, 1.54) is 11.1 Å². The molecule has 0 aromatic heterocycles. The number of carbonyl (C=O) groups is 1. The Kier molecular flexibility index (Phi) is 6.87. The molecule has 134 valence electrons. The van der Waals surface area contributed by atoms with Crippen LogP contribution < -0.4 is 15.4 Å². The van der Waals surface area contributed by atoms with Crippen molar-refractivity contribution in [2.45, 2.75) is 34.1 Å². The van der Waals surface area contributed by atoms with Crippen LogP contribution in [0.25, 0.3) is 0 Å². The maximum absolute atomic E-state index is 12.2. The van der Waals surface area contributed by atoms with E-state index in [1.54, 1.807) is 0 Å². The summed E-state index contributed by atoms with van der Waals surface area (Å²) in [5.74, 6) is 1.30. The third-order valence-electron chi connectivity index (χ3n) is 3.76. The van der Waals surface area contributed by atoms with Gasteiger partial charge in [-0.15, -0.1) is 0 Å². The highest BCUT2D eigenvalue weighted by Gasteiger charge is 2.05. The summed E-state index contributed by atoms with van der Waals surface area (Å²) in [7, 11) is 0. The minimum Gasteiger partial charge on any atom is -0.494 e. The van der Waals surface area contributed by atoms with Crippen molar-refractivity contribution in [1.82, 2.24) is 0 Å². The van der Waals surface area contributed by atoms with Crippen LogP contribution in [0.1, 0.15) is 31.4 Å². The van der Waals surface area contributed by atoms with Crippen molar-refractivity contribution in [3.63, 3.8) is 0 Å². The summed E-state index contributed by atoms with van der Waals surface area (Å²) in [4.78, 5) is 12.2. The molecular formula is C21H28N2O2. The maximum atomic E-state index is 12.2. The number of amides is 1. The highest BCUT2D eigenvalue weighted by molar-refractivity contribution is 5.93. The van der Waals surface area contributed by atoms with E-state index in [1.807, 2.05) is 50.2 Å². The van der Waals surface area contributed by atoms with E-state index >= 15 is 0 Å². The number of nitrogens with one attached hydrogen (secondary N) is 2. The summed E-state index contributed by atoms with van der Waals surface area (Å²) >= 11 is 0. The molecule has 0 heterocycles. The fourth-order valence-electron chi connectivity index (χ4n) is 2.54. The summed E-state index contributed by atoms with van der Waals surface area (Å²) < 4.78 is 5.73. The molecule has 0 atom stereocenters. The minimum absolute atomic E-state index is 0.0847. The van der Waals surface area contributed by atoms with Gasteiger partial charge in [0.25, 0.3) is 0 Å². The van der Waals surface area contributed by atoms with E-state index in [-0.39, 0.29) is 12.5 Å². The molecule has 2 aromatic rings. The topological polar surface area (TPSA) is 50.4 Å². The second-order valence-corrected chi connectivity index (χ2v) is 6.84. The number of hydrogen-bond donors (Lipinski definition) is 2. The SMILES string of the molecule is Cc1cc(C)cc(NCC(=O)Nc2cccc(OCCC(C)C)c2)c1. The van der Waals surface area contributed by atoms with Crippen LogP contribution in [0.2, 0.25) is 0 Å². The largest absolute Gasteiger partial charge is 0.494 e. The number of rotatable bonds is 8. The lowest BCUT2D eigenvalue weighted by atomic mass is 10.1.